The third-order valence-electron chi connectivity index (χ3n) is 8.72. The van der Waals surface area contributed by atoms with Gasteiger partial charge in [-0.2, -0.15) is 0 Å². The number of aliphatic hydroxyl groups excluding tert-OH is 2. The molecule has 4 aliphatic rings. The molecule has 0 spiro atoms. The van der Waals surface area contributed by atoms with E-state index in [2.05, 4.69) is 20.8 Å². The Hall–Kier alpha value is -0.670. The van der Waals surface area contributed by atoms with Gasteiger partial charge in [0.25, 0.3) is 0 Å². The van der Waals surface area contributed by atoms with Crippen molar-refractivity contribution in [1.29, 1.82) is 0 Å². The predicted octanol–water partition coefficient (Wildman–Crippen LogP) is 3.49. The van der Waals surface area contributed by atoms with E-state index in [4.69, 9.17) is 0 Å². The first kappa shape index (κ1) is 16.8. The van der Waals surface area contributed by atoms with Crippen LogP contribution >= 0.6 is 0 Å². The summed E-state index contributed by atoms with van der Waals surface area (Å²) in [6.45, 7) is 6.85. The first-order chi connectivity index (χ1) is 11.3. The number of carbonyl (C=O) groups is 1. The molecule has 0 aromatic carbocycles. The Bertz CT molecular complexity index is 594. The molecule has 0 aromatic rings. The zero-order valence-electron chi connectivity index (χ0n) is 15.3. The molecule has 4 rings (SSSR count). The second kappa shape index (κ2) is 5.41. The monoisotopic (exact) mass is 332 g/mol. The Morgan fingerprint density at radius 1 is 1.17 bits per heavy atom. The van der Waals surface area contributed by atoms with Gasteiger partial charge in [0.15, 0.2) is 0 Å². The normalized spacial score (nSPS) is 51.2. The molecule has 3 nitrogen and oxygen atoms in total. The number of rotatable bonds is 1. The number of fused-ring (bicyclic) bond motifs is 5. The Kier molecular flexibility index (Phi) is 3.78. The molecule has 134 valence electrons. The molecular formula is C21H32O3. The largest absolute Gasteiger partial charge is 0.395 e. The molecule has 2 N–H and O–H groups in total. The summed E-state index contributed by atoms with van der Waals surface area (Å²) in [5.41, 5.74) is 2.51. The van der Waals surface area contributed by atoms with Crippen LogP contribution in [0.4, 0.5) is 0 Å². The third kappa shape index (κ3) is 1.94. The molecule has 7 atom stereocenters. The van der Waals surface area contributed by atoms with Crippen molar-refractivity contribution < 1.29 is 15.0 Å². The van der Waals surface area contributed by atoms with Crippen LogP contribution in [0.15, 0.2) is 11.1 Å². The van der Waals surface area contributed by atoms with Gasteiger partial charge >= 0.3 is 0 Å². The standard InChI is InChI=1S/C21H32O3/c1-12-8-15-16-4-5-19(24)20(16,3)7-6-17(15)21(11-22)13(2)9-14(23)10-18(12)21/h13,15-17,19,22,24H,4-11H2,1-3H3/t13-,15-,16-,17-,19-,20-,21+/m0/s1. The second-order valence-corrected chi connectivity index (χ2v) is 9.50. The molecule has 24 heavy (non-hydrogen) atoms. The predicted molar refractivity (Wildman–Crippen MR) is 93.3 cm³/mol. The van der Waals surface area contributed by atoms with Crippen LogP contribution in [-0.4, -0.2) is 28.7 Å². The highest BCUT2D eigenvalue weighted by atomic mass is 16.3. The van der Waals surface area contributed by atoms with Gasteiger partial charge in [-0.1, -0.05) is 25.0 Å². The van der Waals surface area contributed by atoms with Gasteiger partial charge in [0, 0.05) is 18.3 Å². The van der Waals surface area contributed by atoms with Crippen molar-refractivity contribution in [3.63, 3.8) is 0 Å². The van der Waals surface area contributed by atoms with E-state index in [1.54, 1.807) is 0 Å². The molecule has 0 amide bonds. The van der Waals surface area contributed by atoms with Gasteiger partial charge in [0.05, 0.1) is 12.7 Å². The molecule has 0 unspecified atom stereocenters. The maximum Gasteiger partial charge on any atom is 0.137 e. The molecule has 0 radical (unpaired) electrons. The fourth-order valence-corrected chi connectivity index (χ4v) is 7.42. The van der Waals surface area contributed by atoms with Crippen LogP contribution in [0.3, 0.4) is 0 Å². The smallest absolute Gasteiger partial charge is 0.137 e. The van der Waals surface area contributed by atoms with Crippen LogP contribution in [0.2, 0.25) is 0 Å². The van der Waals surface area contributed by atoms with E-state index in [0.717, 1.165) is 32.1 Å². The van der Waals surface area contributed by atoms with E-state index in [9.17, 15) is 15.0 Å². The lowest BCUT2D eigenvalue weighted by molar-refractivity contribution is -0.131. The summed E-state index contributed by atoms with van der Waals surface area (Å²) in [6.07, 6.45) is 6.28. The van der Waals surface area contributed by atoms with Crippen molar-refractivity contribution in [2.45, 2.75) is 71.8 Å². The highest BCUT2D eigenvalue weighted by Crippen LogP contribution is 2.66. The molecule has 4 aliphatic carbocycles. The number of carbonyl (C=O) groups excluding carboxylic acids is 1. The first-order valence-corrected chi connectivity index (χ1v) is 9.84. The summed E-state index contributed by atoms with van der Waals surface area (Å²) in [6, 6.07) is 0. The van der Waals surface area contributed by atoms with Gasteiger partial charge in [-0.15, -0.1) is 0 Å². The Balaban J connectivity index is 1.80. The number of ketones is 1. The highest BCUT2D eigenvalue weighted by molar-refractivity contribution is 5.83. The summed E-state index contributed by atoms with van der Waals surface area (Å²) < 4.78 is 0. The van der Waals surface area contributed by atoms with E-state index >= 15 is 0 Å². The third-order valence-corrected chi connectivity index (χ3v) is 8.72. The van der Waals surface area contributed by atoms with Crippen molar-refractivity contribution in [2.24, 2.45) is 34.5 Å². The quantitative estimate of drug-likeness (QED) is 0.723. The zero-order chi connectivity index (χ0) is 17.3. The van der Waals surface area contributed by atoms with Crippen molar-refractivity contribution in [2.75, 3.05) is 6.61 Å². The zero-order valence-corrected chi connectivity index (χ0v) is 15.3. The average Bonchev–Trinajstić information content (AvgIpc) is 2.84. The number of aliphatic hydroxyl groups is 2. The van der Waals surface area contributed by atoms with E-state index in [1.165, 1.54) is 11.1 Å². The molecule has 0 aromatic heterocycles. The highest BCUT2D eigenvalue weighted by Gasteiger charge is 2.61. The minimum absolute atomic E-state index is 0.0588. The van der Waals surface area contributed by atoms with Crippen LogP contribution in [0, 0.1) is 34.5 Å². The topological polar surface area (TPSA) is 57.5 Å². The molecule has 0 bridgehead atoms. The van der Waals surface area contributed by atoms with E-state index < -0.39 is 0 Å². The lowest BCUT2D eigenvalue weighted by Gasteiger charge is -2.60. The Labute approximate surface area is 145 Å². The second-order valence-electron chi connectivity index (χ2n) is 9.50. The maximum absolute atomic E-state index is 12.2. The molecule has 3 heteroatoms. The van der Waals surface area contributed by atoms with Crippen LogP contribution in [0.25, 0.3) is 0 Å². The van der Waals surface area contributed by atoms with Crippen molar-refractivity contribution in [1.82, 2.24) is 0 Å². The van der Waals surface area contributed by atoms with Crippen molar-refractivity contribution >= 4 is 5.78 Å². The van der Waals surface area contributed by atoms with E-state index in [1.807, 2.05) is 0 Å². The minimum atomic E-state index is -0.185. The van der Waals surface area contributed by atoms with E-state index in [0.29, 0.717) is 36.4 Å². The van der Waals surface area contributed by atoms with Gasteiger partial charge in [0.1, 0.15) is 5.78 Å². The van der Waals surface area contributed by atoms with Gasteiger partial charge in [-0.05, 0) is 68.1 Å². The molecule has 3 saturated carbocycles. The van der Waals surface area contributed by atoms with Crippen LogP contribution in [-0.2, 0) is 4.79 Å². The SMILES string of the molecule is CC1=C2CC(=O)C[C@H](C)[C@]2(CO)[C@H]2CC[C@]3(C)[C@@H](O)CC[C@H]3[C@@H]2C1. The van der Waals surface area contributed by atoms with Crippen LogP contribution < -0.4 is 0 Å². The fraction of sp³-hybridized carbons (Fsp3) is 0.857. The summed E-state index contributed by atoms with van der Waals surface area (Å²) in [5, 5.41) is 21.1. The summed E-state index contributed by atoms with van der Waals surface area (Å²) >= 11 is 0. The van der Waals surface area contributed by atoms with Crippen molar-refractivity contribution in [3.8, 4) is 0 Å². The number of hydrogen-bond acceptors (Lipinski definition) is 3. The number of hydrogen-bond donors (Lipinski definition) is 2. The first-order valence-electron chi connectivity index (χ1n) is 9.84. The lowest BCUT2D eigenvalue weighted by atomic mass is 9.44. The average molecular weight is 332 g/mol. The molecule has 3 fully saturated rings. The molecule has 0 aliphatic heterocycles. The minimum Gasteiger partial charge on any atom is -0.395 e. The number of Topliss-reactive ketones (excluding diaryl/α,β-unsaturated/α-hetero) is 1. The summed E-state index contributed by atoms with van der Waals surface area (Å²) in [5.74, 6) is 2.18. The summed E-state index contributed by atoms with van der Waals surface area (Å²) in [4.78, 5) is 12.2. The van der Waals surface area contributed by atoms with Crippen LogP contribution in [0.5, 0.6) is 0 Å². The Morgan fingerprint density at radius 2 is 1.92 bits per heavy atom. The van der Waals surface area contributed by atoms with Gasteiger partial charge in [0.2, 0.25) is 0 Å². The van der Waals surface area contributed by atoms with E-state index in [-0.39, 0.29) is 29.5 Å². The van der Waals surface area contributed by atoms with Gasteiger partial charge in [-0.25, -0.2) is 0 Å². The van der Waals surface area contributed by atoms with Gasteiger partial charge in [-0.3, -0.25) is 4.79 Å². The summed E-state index contributed by atoms with van der Waals surface area (Å²) in [7, 11) is 0. The fourth-order valence-electron chi connectivity index (χ4n) is 7.42. The molecule has 0 saturated heterocycles. The lowest BCUT2D eigenvalue weighted by Crippen LogP contribution is -2.56. The Morgan fingerprint density at radius 3 is 2.62 bits per heavy atom. The maximum atomic E-state index is 12.2. The number of allylic oxidation sites excluding steroid dienone is 1. The van der Waals surface area contributed by atoms with Crippen molar-refractivity contribution in [3.05, 3.63) is 11.1 Å². The molecule has 0 heterocycles. The van der Waals surface area contributed by atoms with Crippen LogP contribution in [0.1, 0.15) is 65.7 Å². The molecular weight excluding hydrogens is 300 g/mol. The van der Waals surface area contributed by atoms with Gasteiger partial charge < -0.3 is 10.2 Å².